The van der Waals surface area contributed by atoms with Crippen LogP contribution in [-0.4, -0.2) is 23.5 Å². The molecule has 21 heavy (non-hydrogen) atoms. The largest absolute Gasteiger partial charge is 0.481 e. The minimum atomic E-state index is -0.764. The number of hydrogen-bond donors (Lipinski definition) is 1. The Labute approximate surface area is 124 Å². The van der Waals surface area contributed by atoms with E-state index in [1.165, 1.54) is 11.1 Å². The molecule has 0 radical (unpaired) electrons. The summed E-state index contributed by atoms with van der Waals surface area (Å²) >= 11 is 0. The van der Waals surface area contributed by atoms with E-state index in [2.05, 4.69) is 13.0 Å². The lowest BCUT2D eigenvalue weighted by molar-refractivity contribution is -0.141. The van der Waals surface area contributed by atoms with E-state index in [1.54, 1.807) is 0 Å². The fourth-order valence-corrected chi connectivity index (χ4v) is 3.61. The van der Waals surface area contributed by atoms with E-state index in [0.29, 0.717) is 19.3 Å². The van der Waals surface area contributed by atoms with Gasteiger partial charge in [0.25, 0.3) is 0 Å². The standard InChI is InChI=1S/C17H21NO3/c1-11-4-7-15-12(9-11)3-2-8-18(15)16(19)13-5-6-14(10-13)17(20)21/h4,7,9,13-14H,2-3,5-6,8,10H2,1H3,(H,20,21)/t13-,14+/m1/s1. The molecule has 1 aliphatic carbocycles. The average Bonchev–Trinajstić information content (AvgIpc) is 2.95. The van der Waals surface area contributed by atoms with Crippen molar-refractivity contribution in [1.82, 2.24) is 0 Å². The second-order valence-corrected chi connectivity index (χ2v) is 6.27. The number of hydrogen-bond acceptors (Lipinski definition) is 2. The summed E-state index contributed by atoms with van der Waals surface area (Å²) in [5, 5.41) is 9.09. The minimum absolute atomic E-state index is 0.114. The Kier molecular flexibility index (Phi) is 3.70. The molecule has 0 spiro atoms. The van der Waals surface area contributed by atoms with Crippen LogP contribution < -0.4 is 4.90 Å². The van der Waals surface area contributed by atoms with Crippen molar-refractivity contribution in [2.24, 2.45) is 11.8 Å². The van der Waals surface area contributed by atoms with Crippen LogP contribution in [0.1, 0.15) is 36.8 Å². The first-order valence-electron chi connectivity index (χ1n) is 7.70. The maximum atomic E-state index is 12.7. The summed E-state index contributed by atoms with van der Waals surface area (Å²) in [5.74, 6) is -1.12. The van der Waals surface area contributed by atoms with Gasteiger partial charge in [0.1, 0.15) is 0 Å². The zero-order valence-corrected chi connectivity index (χ0v) is 12.3. The van der Waals surface area contributed by atoms with Crippen molar-refractivity contribution in [3.05, 3.63) is 29.3 Å². The Hall–Kier alpha value is -1.84. The number of carboxylic acid groups (broad SMARTS) is 1. The molecule has 0 bridgehead atoms. The number of benzene rings is 1. The molecule has 1 aromatic carbocycles. The summed E-state index contributed by atoms with van der Waals surface area (Å²) in [4.78, 5) is 25.7. The van der Waals surface area contributed by atoms with Gasteiger partial charge < -0.3 is 10.0 Å². The number of rotatable bonds is 2. The predicted molar refractivity (Wildman–Crippen MR) is 80.3 cm³/mol. The third-order valence-electron chi connectivity index (χ3n) is 4.75. The molecule has 1 fully saturated rings. The van der Waals surface area contributed by atoms with Crippen molar-refractivity contribution in [1.29, 1.82) is 0 Å². The highest BCUT2D eigenvalue weighted by Crippen LogP contribution is 2.35. The lowest BCUT2D eigenvalue weighted by Gasteiger charge is -2.31. The van der Waals surface area contributed by atoms with E-state index >= 15 is 0 Å². The molecule has 4 heteroatoms. The number of aliphatic carboxylic acids is 1. The first kappa shape index (κ1) is 14.1. The average molecular weight is 287 g/mol. The Morgan fingerprint density at radius 1 is 1.24 bits per heavy atom. The molecule has 1 aromatic rings. The number of fused-ring (bicyclic) bond motifs is 1. The van der Waals surface area contributed by atoms with Crippen molar-refractivity contribution < 1.29 is 14.7 Å². The van der Waals surface area contributed by atoms with Crippen LogP contribution in [0.2, 0.25) is 0 Å². The van der Waals surface area contributed by atoms with Gasteiger partial charge in [0, 0.05) is 18.2 Å². The summed E-state index contributed by atoms with van der Waals surface area (Å²) in [6, 6.07) is 6.23. The molecule has 1 N–H and O–H groups in total. The summed E-state index contributed by atoms with van der Waals surface area (Å²) in [7, 11) is 0. The van der Waals surface area contributed by atoms with Crippen molar-refractivity contribution in [3.63, 3.8) is 0 Å². The SMILES string of the molecule is Cc1ccc2c(c1)CCCN2C(=O)[C@@H]1CC[C@H](C(=O)O)C1. The van der Waals surface area contributed by atoms with Crippen molar-refractivity contribution in [2.75, 3.05) is 11.4 Å². The van der Waals surface area contributed by atoms with E-state index in [4.69, 9.17) is 5.11 Å². The zero-order chi connectivity index (χ0) is 15.0. The zero-order valence-electron chi connectivity index (χ0n) is 12.3. The molecular weight excluding hydrogens is 266 g/mol. The minimum Gasteiger partial charge on any atom is -0.481 e. The number of amides is 1. The number of nitrogens with zero attached hydrogens (tertiary/aromatic N) is 1. The topological polar surface area (TPSA) is 57.6 Å². The van der Waals surface area contributed by atoms with Gasteiger partial charge in [0.15, 0.2) is 0 Å². The summed E-state index contributed by atoms with van der Waals surface area (Å²) < 4.78 is 0. The van der Waals surface area contributed by atoms with E-state index in [9.17, 15) is 9.59 Å². The molecule has 0 saturated heterocycles. The van der Waals surface area contributed by atoms with E-state index in [-0.39, 0.29) is 17.7 Å². The number of anilines is 1. The van der Waals surface area contributed by atoms with Gasteiger partial charge in [0.05, 0.1) is 5.92 Å². The van der Waals surface area contributed by atoms with Gasteiger partial charge in [-0.2, -0.15) is 0 Å². The number of carbonyl (C=O) groups is 2. The Bertz CT molecular complexity index is 581. The second-order valence-electron chi connectivity index (χ2n) is 6.27. The number of carboxylic acids is 1. The van der Waals surface area contributed by atoms with Crippen molar-refractivity contribution in [2.45, 2.75) is 39.0 Å². The van der Waals surface area contributed by atoms with E-state index in [1.807, 2.05) is 17.0 Å². The lowest BCUT2D eigenvalue weighted by atomic mass is 9.97. The smallest absolute Gasteiger partial charge is 0.306 e. The molecule has 1 aliphatic heterocycles. The molecule has 4 nitrogen and oxygen atoms in total. The first-order valence-corrected chi connectivity index (χ1v) is 7.70. The highest BCUT2D eigenvalue weighted by Gasteiger charge is 2.37. The van der Waals surface area contributed by atoms with Gasteiger partial charge in [-0.15, -0.1) is 0 Å². The summed E-state index contributed by atoms with van der Waals surface area (Å²) in [6.45, 7) is 2.82. The highest BCUT2D eigenvalue weighted by atomic mass is 16.4. The van der Waals surface area contributed by atoms with Crippen molar-refractivity contribution >= 4 is 17.6 Å². The molecule has 1 amide bonds. The Balaban J connectivity index is 1.79. The quantitative estimate of drug-likeness (QED) is 0.910. The first-order chi connectivity index (χ1) is 10.1. The monoisotopic (exact) mass is 287 g/mol. The molecule has 2 aliphatic rings. The fourth-order valence-electron chi connectivity index (χ4n) is 3.61. The van der Waals surface area contributed by atoms with Gasteiger partial charge in [-0.3, -0.25) is 9.59 Å². The fraction of sp³-hybridized carbons (Fsp3) is 0.529. The van der Waals surface area contributed by atoms with Crippen LogP contribution in [-0.2, 0) is 16.0 Å². The molecule has 2 atom stereocenters. The number of aryl methyl sites for hydroxylation is 2. The van der Waals surface area contributed by atoms with E-state index in [0.717, 1.165) is 25.1 Å². The van der Waals surface area contributed by atoms with Crippen LogP contribution in [0, 0.1) is 18.8 Å². The molecule has 0 unspecified atom stereocenters. The Morgan fingerprint density at radius 3 is 2.71 bits per heavy atom. The van der Waals surface area contributed by atoms with Gasteiger partial charge in [-0.05, 0) is 50.7 Å². The molecular formula is C17H21NO3. The summed E-state index contributed by atoms with van der Waals surface area (Å²) in [5.41, 5.74) is 3.48. The van der Waals surface area contributed by atoms with Crippen LogP contribution >= 0.6 is 0 Å². The predicted octanol–water partition coefficient (Wildman–Crippen LogP) is 2.78. The maximum absolute atomic E-state index is 12.7. The van der Waals surface area contributed by atoms with Crippen LogP contribution in [0.5, 0.6) is 0 Å². The van der Waals surface area contributed by atoms with Gasteiger partial charge in [-0.25, -0.2) is 0 Å². The molecule has 1 saturated carbocycles. The lowest BCUT2D eigenvalue weighted by Crippen LogP contribution is -2.39. The van der Waals surface area contributed by atoms with Crippen LogP contribution in [0.4, 0.5) is 5.69 Å². The van der Waals surface area contributed by atoms with Gasteiger partial charge in [-0.1, -0.05) is 17.7 Å². The van der Waals surface area contributed by atoms with Crippen LogP contribution in [0.15, 0.2) is 18.2 Å². The maximum Gasteiger partial charge on any atom is 0.306 e. The number of carbonyl (C=O) groups excluding carboxylic acids is 1. The third-order valence-corrected chi connectivity index (χ3v) is 4.75. The Morgan fingerprint density at radius 2 is 2.00 bits per heavy atom. The van der Waals surface area contributed by atoms with Gasteiger partial charge in [0.2, 0.25) is 5.91 Å². The summed E-state index contributed by atoms with van der Waals surface area (Å²) in [6.07, 6.45) is 3.82. The van der Waals surface area contributed by atoms with Crippen LogP contribution in [0.25, 0.3) is 0 Å². The second kappa shape index (κ2) is 5.51. The van der Waals surface area contributed by atoms with E-state index < -0.39 is 5.97 Å². The third kappa shape index (κ3) is 2.67. The molecule has 112 valence electrons. The molecule has 0 aromatic heterocycles. The van der Waals surface area contributed by atoms with Gasteiger partial charge >= 0.3 is 5.97 Å². The normalized spacial score (nSPS) is 24.7. The van der Waals surface area contributed by atoms with Crippen LogP contribution in [0.3, 0.4) is 0 Å². The molecule has 3 rings (SSSR count). The molecule has 1 heterocycles. The van der Waals surface area contributed by atoms with Crippen molar-refractivity contribution in [3.8, 4) is 0 Å². The highest BCUT2D eigenvalue weighted by molar-refractivity contribution is 5.96.